The molecule has 3 aromatic rings. The average molecular weight is 269 g/mol. The summed E-state index contributed by atoms with van der Waals surface area (Å²) in [5.41, 5.74) is 8.44. The van der Waals surface area contributed by atoms with Crippen molar-refractivity contribution in [1.29, 1.82) is 0 Å². The normalized spacial score (nSPS) is 15.1. The summed E-state index contributed by atoms with van der Waals surface area (Å²) in [5.74, 6) is 1.00. The van der Waals surface area contributed by atoms with Gasteiger partial charge in [-0.2, -0.15) is 0 Å². The van der Waals surface area contributed by atoms with Crippen LogP contribution >= 0.6 is 0 Å². The number of aromatic nitrogens is 6. The lowest BCUT2D eigenvalue weighted by molar-refractivity contribution is 0.589. The second kappa shape index (κ2) is 4.38. The molecular weight excluding hydrogens is 254 g/mol. The molecule has 0 aliphatic heterocycles. The molecule has 0 spiro atoms. The summed E-state index contributed by atoms with van der Waals surface area (Å²) < 4.78 is 4.09. The number of hydrogen-bond donors (Lipinski definition) is 1. The topological polar surface area (TPSA) is 87.4 Å². The summed E-state index contributed by atoms with van der Waals surface area (Å²) in [6.45, 7) is 1.02. The van der Waals surface area contributed by atoms with Crippen molar-refractivity contribution in [3.8, 4) is 0 Å². The number of pyridine rings is 1. The third kappa shape index (κ3) is 1.87. The van der Waals surface area contributed by atoms with Crippen LogP contribution in [-0.2, 0) is 13.1 Å². The fourth-order valence-corrected chi connectivity index (χ4v) is 2.51. The van der Waals surface area contributed by atoms with Gasteiger partial charge in [-0.1, -0.05) is 5.21 Å². The number of imidazole rings is 1. The Balaban J connectivity index is 1.76. The van der Waals surface area contributed by atoms with Crippen molar-refractivity contribution in [1.82, 2.24) is 29.5 Å². The monoisotopic (exact) mass is 269 g/mol. The zero-order valence-corrected chi connectivity index (χ0v) is 11.0. The van der Waals surface area contributed by atoms with Crippen LogP contribution in [0.3, 0.4) is 0 Å². The highest BCUT2D eigenvalue weighted by Crippen LogP contribution is 2.38. The Morgan fingerprint density at radius 3 is 3.00 bits per heavy atom. The molecule has 0 atom stereocenters. The Kier molecular flexibility index (Phi) is 2.53. The molecule has 102 valence electrons. The van der Waals surface area contributed by atoms with E-state index in [0.29, 0.717) is 19.1 Å². The van der Waals surface area contributed by atoms with E-state index < -0.39 is 0 Å². The molecule has 3 heterocycles. The predicted molar refractivity (Wildman–Crippen MR) is 72.8 cm³/mol. The van der Waals surface area contributed by atoms with Gasteiger partial charge < -0.3 is 10.3 Å². The van der Waals surface area contributed by atoms with Crippen molar-refractivity contribution in [2.24, 2.45) is 5.73 Å². The van der Waals surface area contributed by atoms with Crippen LogP contribution in [0.25, 0.3) is 11.0 Å². The van der Waals surface area contributed by atoms with E-state index in [-0.39, 0.29) is 0 Å². The van der Waals surface area contributed by atoms with E-state index in [0.717, 1.165) is 22.6 Å². The first-order chi connectivity index (χ1) is 9.85. The van der Waals surface area contributed by atoms with Crippen molar-refractivity contribution in [3.63, 3.8) is 0 Å². The Bertz CT molecular complexity index is 753. The lowest BCUT2D eigenvalue weighted by Crippen LogP contribution is -2.08. The molecule has 0 unspecified atom stereocenters. The standard InChI is InChI=1S/C13H15N7/c14-5-9-7-19(18-17-9)8-13-16-11-6-15-4-3-12(11)20(13)10-1-2-10/h3-4,6-7,10H,1-2,5,8,14H2. The lowest BCUT2D eigenvalue weighted by atomic mass is 10.4. The molecule has 0 radical (unpaired) electrons. The highest BCUT2D eigenvalue weighted by atomic mass is 15.4. The van der Waals surface area contributed by atoms with Crippen LogP contribution in [0.5, 0.6) is 0 Å². The minimum absolute atomic E-state index is 0.406. The zero-order valence-electron chi connectivity index (χ0n) is 11.0. The molecule has 1 aliphatic rings. The lowest BCUT2D eigenvalue weighted by Gasteiger charge is -2.06. The van der Waals surface area contributed by atoms with E-state index in [4.69, 9.17) is 5.73 Å². The summed E-state index contributed by atoms with van der Waals surface area (Å²) in [5, 5.41) is 8.10. The maximum Gasteiger partial charge on any atom is 0.132 e. The number of nitrogens with two attached hydrogens (primary N) is 1. The molecule has 1 saturated carbocycles. The molecule has 1 aliphatic carbocycles. The Morgan fingerprint density at radius 1 is 1.35 bits per heavy atom. The van der Waals surface area contributed by atoms with Crippen LogP contribution in [0.15, 0.2) is 24.7 Å². The molecule has 2 N–H and O–H groups in total. The molecule has 20 heavy (non-hydrogen) atoms. The van der Waals surface area contributed by atoms with E-state index in [1.807, 2.05) is 24.7 Å². The van der Waals surface area contributed by atoms with Crippen molar-refractivity contribution >= 4 is 11.0 Å². The molecular formula is C13H15N7. The van der Waals surface area contributed by atoms with Crippen LogP contribution in [0.4, 0.5) is 0 Å². The quantitative estimate of drug-likeness (QED) is 0.759. The predicted octanol–water partition coefficient (Wildman–Crippen LogP) is 0.865. The molecule has 0 amide bonds. The van der Waals surface area contributed by atoms with Crippen LogP contribution in [0.1, 0.15) is 30.4 Å². The van der Waals surface area contributed by atoms with Crippen LogP contribution in [0, 0.1) is 0 Å². The smallest absolute Gasteiger partial charge is 0.132 e. The third-order valence-electron chi connectivity index (χ3n) is 3.58. The molecule has 0 aromatic carbocycles. The number of fused-ring (bicyclic) bond motifs is 1. The van der Waals surface area contributed by atoms with Crippen LogP contribution in [0.2, 0.25) is 0 Å². The first-order valence-corrected chi connectivity index (χ1v) is 6.75. The number of nitrogens with zero attached hydrogens (tertiary/aromatic N) is 6. The summed E-state index contributed by atoms with van der Waals surface area (Å²) in [6.07, 6.45) is 7.92. The van der Waals surface area contributed by atoms with Gasteiger partial charge in [0.05, 0.1) is 23.6 Å². The molecule has 0 bridgehead atoms. The van der Waals surface area contributed by atoms with Crippen molar-refractivity contribution in [2.45, 2.75) is 32.0 Å². The van der Waals surface area contributed by atoms with Gasteiger partial charge in [0.25, 0.3) is 0 Å². The first kappa shape index (κ1) is 11.5. The van der Waals surface area contributed by atoms with Gasteiger partial charge in [-0.3, -0.25) is 4.98 Å². The van der Waals surface area contributed by atoms with Crippen molar-refractivity contribution in [3.05, 3.63) is 36.2 Å². The Hall–Kier alpha value is -2.28. The van der Waals surface area contributed by atoms with E-state index in [9.17, 15) is 0 Å². The third-order valence-corrected chi connectivity index (χ3v) is 3.58. The molecule has 7 nitrogen and oxygen atoms in total. The minimum Gasteiger partial charge on any atom is -0.325 e. The SMILES string of the molecule is NCc1cn(Cc2nc3cnccc3n2C2CC2)nn1. The maximum atomic E-state index is 5.56. The largest absolute Gasteiger partial charge is 0.325 e. The number of hydrogen-bond acceptors (Lipinski definition) is 5. The van der Waals surface area contributed by atoms with E-state index in [1.165, 1.54) is 12.8 Å². The van der Waals surface area contributed by atoms with Crippen LogP contribution < -0.4 is 5.73 Å². The summed E-state index contributed by atoms with van der Waals surface area (Å²) >= 11 is 0. The van der Waals surface area contributed by atoms with E-state index in [1.54, 1.807) is 4.68 Å². The van der Waals surface area contributed by atoms with Crippen molar-refractivity contribution < 1.29 is 0 Å². The summed E-state index contributed by atoms with van der Waals surface area (Å²) in [6, 6.07) is 2.59. The zero-order chi connectivity index (χ0) is 13.5. The van der Waals surface area contributed by atoms with Gasteiger partial charge in [0, 0.05) is 18.8 Å². The fraction of sp³-hybridized carbons (Fsp3) is 0.385. The second-order valence-electron chi connectivity index (χ2n) is 5.11. The van der Waals surface area contributed by atoms with Gasteiger partial charge in [-0.25, -0.2) is 9.67 Å². The molecule has 0 saturated heterocycles. The summed E-state index contributed by atoms with van der Waals surface area (Å²) in [4.78, 5) is 8.83. The molecule has 7 heteroatoms. The van der Waals surface area contributed by atoms with Gasteiger partial charge >= 0.3 is 0 Å². The maximum absolute atomic E-state index is 5.56. The van der Waals surface area contributed by atoms with Crippen molar-refractivity contribution in [2.75, 3.05) is 0 Å². The number of rotatable bonds is 4. The van der Waals surface area contributed by atoms with Gasteiger partial charge in [0.1, 0.15) is 17.9 Å². The summed E-state index contributed by atoms with van der Waals surface area (Å²) in [7, 11) is 0. The second-order valence-corrected chi connectivity index (χ2v) is 5.11. The first-order valence-electron chi connectivity index (χ1n) is 6.75. The minimum atomic E-state index is 0.406. The Labute approximate surface area is 115 Å². The van der Waals surface area contributed by atoms with Gasteiger partial charge in [-0.05, 0) is 18.9 Å². The highest BCUT2D eigenvalue weighted by Gasteiger charge is 2.28. The fourth-order valence-electron chi connectivity index (χ4n) is 2.51. The highest BCUT2D eigenvalue weighted by molar-refractivity contribution is 5.75. The van der Waals surface area contributed by atoms with E-state index in [2.05, 4.69) is 24.8 Å². The van der Waals surface area contributed by atoms with Crippen LogP contribution in [-0.4, -0.2) is 29.5 Å². The molecule has 1 fully saturated rings. The van der Waals surface area contributed by atoms with E-state index >= 15 is 0 Å². The molecule has 4 rings (SSSR count). The average Bonchev–Trinajstić information content (AvgIpc) is 3.09. The van der Waals surface area contributed by atoms with Gasteiger partial charge in [0.2, 0.25) is 0 Å². The van der Waals surface area contributed by atoms with Gasteiger partial charge in [-0.15, -0.1) is 5.10 Å². The molecule has 3 aromatic heterocycles. The Morgan fingerprint density at radius 2 is 2.25 bits per heavy atom. The van der Waals surface area contributed by atoms with Gasteiger partial charge in [0.15, 0.2) is 0 Å².